The summed E-state index contributed by atoms with van der Waals surface area (Å²) in [6, 6.07) is 13.2. The highest BCUT2D eigenvalue weighted by Gasteiger charge is 2.18. The fraction of sp³-hybridized carbons (Fsp3) is 0.150. The molecule has 0 radical (unpaired) electrons. The second kappa shape index (κ2) is 7.44. The smallest absolute Gasteiger partial charge is 0.278 e. The third-order valence-corrected chi connectivity index (χ3v) is 5.22. The van der Waals surface area contributed by atoms with Gasteiger partial charge in [0.2, 0.25) is 5.91 Å². The van der Waals surface area contributed by atoms with E-state index in [1.54, 1.807) is 16.8 Å². The summed E-state index contributed by atoms with van der Waals surface area (Å²) in [4.78, 5) is 28.3. The van der Waals surface area contributed by atoms with Gasteiger partial charge in [-0.05, 0) is 49.7 Å². The van der Waals surface area contributed by atoms with Crippen molar-refractivity contribution in [2.75, 3.05) is 10.6 Å². The lowest BCUT2D eigenvalue weighted by atomic mass is 10.2. The minimum atomic E-state index is -0.340. The molecule has 0 bridgehead atoms. The van der Waals surface area contributed by atoms with Gasteiger partial charge < -0.3 is 10.6 Å². The molecular formula is C20H18N6O2S. The van der Waals surface area contributed by atoms with E-state index in [9.17, 15) is 9.59 Å². The van der Waals surface area contributed by atoms with Crippen molar-refractivity contribution in [3.63, 3.8) is 0 Å². The number of hydrogen-bond donors (Lipinski definition) is 2. The van der Waals surface area contributed by atoms with Crippen LogP contribution in [0.3, 0.4) is 0 Å². The lowest BCUT2D eigenvalue weighted by Crippen LogP contribution is -2.14. The third-order valence-electron chi connectivity index (χ3n) is 4.29. The van der Waals surface area contributed by atoms with Crippen LogP contribution in [0.1, 0.15) is 28.7 Å². The highest BCUT2D eigenvalue weighted by Crippen LogP contribution is 2.28. The predicted molar refractivity (Wildman–Crippen MR) is 113 cm³/mol. The molecule has 2 aromatic heterocycles. The zero-order chi connectivity index (χ0) is 20.5. The fourth-order valence-electron chi connectivity index (χ4n) is 2.94. The maximum Gasteiger partial charge on any atom is 0.278 e. The Kier molecular flexibility index (Phi) is 4.81. The number of fused-ring (bicyclic) bond motifs is 1. The van der Waals surface area contributed by atoms with Crippen LogP contribution in [0, 0.1) is 13.8 Å². The number of carbonyl (C=O) groups excluding carboxylic acids is 2. The van der Waals surface area contributed by atoms with Gasteiger partial charge in [-0.2, -0.15) is 0 Å². The number of thiazole rings is 1. The number of amides is 2. The van der Waals surface area contributed by atoms with Gasteiger partial charge in [0, 0.05) is 12.6 Å². The Balaban J connectivity index is 1.57. The molecule has 0 atom stereocenters. The number of carbonyl (C=O) groups is 2. The molecule has 8 nitrogen and oxygen atoms in total. The molecule has 0 aliphatic carbocycles. The molecule has 2 N–H and O–H groups in total. The molecule has 2 amide bonds. The van der Waals surface area contributed by atoms with Crippen molar-refractivity contribution in [3.8, 4) is 5.69 Å². The topological polar surface area (TPSA) is 102 Å². The summed E-state index contributed by atoms with van der Waals surface area (Å²) in [5.74, 6) is -0.517. The summed E-state index contributed by atoms with van der Waals surface area (Å²) >= 11 is 1.34. The first-order valence-electron chi connectivity index (χ1n) is 8.89. The van der Waals surface area contributed by atoms with Gasteiger partial charge >= 0.3 is 0 Å². The van der Waals surface area contributed by atoms with Crippen molar-refractivity contribution in [1.82, 2.24) is 20.0 Å². The highest BCUT2D eigenvalue weighted by atomic mass is 32.1. The molecule has 0 unspecified atom stereocenters. The Bertz CT molecular complexity index is 1240. The number of aromatic nitrogens is 4. The van der Waals surface area contributed by atoms with Gasteiger partial charge in [0.25, 0.3) is 5.91 Å². The van der Waals surface area contributed by atoms with E-state index in [-0.39, 0.29) is 17.5 Å². The number of benzene rings is 2. The molecular weight excluding hydrogens is 388 g/mol. The van der Waals surface area contributed by atoms with Crippen LogP contribution >= 0.6 is 11.3 Å². The molecule has 4 rings (SSSR count). The van der Waals surface area contributed by atoms with Crippen LogP contribution in [0.4, 0.5) is 10.8 Å². The number of rotatable bonds is 4. The largest absolute Gasteiger partial charge is 0.320 e. The molecule has 0 saturated carbocycles. The lowest BCUT2D eigenvalue weighted by molar-refractivity contribution is -0.114. The lowest BCUT2D eigenvalue weighted by Gasteiger charge is -2.06. The molecule has 2 heterocycles. The molecule has 0 spiro atoms. The fourth-order valence-corrected chi connectivity index (χ4v) is 3.89. The van der Waals surface area contributed by atoms with Crippen LogP contribution in [0.5, 0.6) is 0 Å². The summed E-state index contributed by atoms with van der Waals surface area (Å²) in [7, 11) is 0. The Morgan fingerprint density at radius 1 is 1.07 bits per heavy atom. The summed E-state index contributed by atoms with van der Waals surface area (Å²) in [5.41, 5.74) is 4.23. The van der Waals surface area contributed by atoms with Crippen LogP contribution in [0.15, 0.2) is 42.5 Å². The average Bonchev–Trinajstić information content (AvgIpc) is 3.23. The van der Waals surface area contributed by atoms with Crippen LogP contribution in [0.2, 0.25) is 0 Å². The Labute approximate surface area is 170 Å². The maximum atomic E-state index is 12.7. The minimum Gasteiger partial charge on any atom is -0.320 e. The first-order valence-corrected chi connectivity index (χ1v) is 9.71. The highest BCUT2D eigenvalue weighted by molar-refractivity contribution is 7.22. The Hall–Kier alpha value is -3.59. The quantitative estimate of drug-likeness (QED) is 0.538. The van der Waals surface area contributed by atoms with Crippen molar-refractivity contribution in [1.29, 1.82) is 0 Å². The van der Waals surface area contributed by atoms with Gasteiger partial charge in [0.15, 0.2) is 10.8 Å². The number of anilines is 2. The normalized spacial score (nSPS) is 10.9. The van der Waals surface area contributed by atoms with Gasteiger partial charge in [0.05, 0.1) is 21.6 Å². The molecule has 9 heteroatoms. The summed E-state index contributed by atoms with van der Waals surface area (Å²) in [6.07, 6.45) is 0. The van der Waals surface area contributed by atoms with E-state index in [0.29, 0.717) is 16.5 Å². The maximum absolute atomic E-state index is 12.7. The predicted octanol–water partition coefficient (Wildman–Crippen LogP) is 3.70. The minimum absolute atomic E-state index is 0.176. The average molecular weight is 406 g/mol. The number of aryl methyl sites for hydroxylation is 1. The van der Waals surface area contributed by atoms with Gasteiger partial charge in [-0.3, -0.25) is 9.59 Å². The molecule has 29 heavy (non-hydrogen) atoms. The van der Waals surface area contributed by atoms with Gasteiger partial charge in [-0.15, -0.1) is 5.10 Å². The van der Waals surface area contributed by atoms with Gasteiger partial charge in [-0.25, -0.2) is 9.67 Å². The number of nitrogens with one attached hydrogen (secondary N) is 2. The number of hydrogen-bond acceptors (Lipinski definition) is 6. The molecule has 0 fully saturated rings. The Morgan fingerprint density at radius 2 is 1.90 bits per heavy atom. The zero-order valence-electron chi connectivity index (χ0n) is 16.1. The van der Waals surface area contributed by atoms with E-state index in [0.717, 1.165) is 21.5 Å². The standard InChI is InChI=1S/C20H18N6O2S/c1-11-5-4-6-15(9-11)26-12(2)18(24-25-26)19(28)22-14-7-8-16-17(10-14)29-20(23-16)21-13(3)27/h4-10H,1-3H3,(H,22,28)(H,21,23,27). The Morgan fingerprint density at radius 3 is 2.66 bits per heavy atom. The van der Waals surface area contributed by atoms with Crippen molar-refractivity contribution in [3.05, 3.63) is 59.4 Å². The van der Waals surface area contributed by atoms with E-state index < -0.39 is 0 Å². The molecule has 2 aromatic carbocycles. The third kappa shape index (κ3) is 3.85. The zero-order valence-corrected chi connectivity index (χ0v) is 16.9. The second-order valence-electron chi connectivity index (χ2n) is 6.61. The molecule has 0 saturated heterocycles. The monoisotopic (exact) mass is 406 g/mol. The van der Waals surface area contributed by atoms with Crippen molar-refractivity contribution in [2.45, 2.75) is 20.8 Å². The first kappa shape index (κ1) is 18.8. The van der Waals surface area contributed by atoms with E-state index in [4.69, 9.17) is 0 Å². The van der Waals surface area contributed by atoms with E-state index in [2.05, 4.69) is 25.9 Å². The van der Waals surface area contributed by atoms with Crippen molar-refractivity contribution < 1.29 is 9.59 Å². The van der Waals surface area contributed by atoms with E-state index in [1.165, 1.54) is 18.3 Å². The van der Waals surface area contributed by atoms with Crippen LogP contribution in [-0.2, 0) is 4.79 Å². The second-order valence-corrected chi connectivity index (χ2v) is 7.64. The summed E-state index contributed by atoms with van der Waals surface area (Å²) in [5, 5.41) is 14.2. The van der Waals surface area contributed by atoms with Crippen LogP contribution in [0.25, 0.3) is 15.9 Å². The summed E-state index contributed by atoms with van der Waals surface area (Å²) in [6.45, 7) is 5.24. The van der Waals surface area contributed by atoms with Crippen molar-refractivity contribution in [2.24, 2.45) is 0 Å². The first-order chi connectivity index (χ1) is 13.9. The molecule has 4 aromatic rings. The van der Waals surface area contributed by atoms with E-state index in [1.807, 2.05) is 44.2 Å². The SMILES string of the molecule is CC(=O)Nc1nc2ccc(NC(=O)c3nnn(-c4cccc(C)c4)c3C)cc2s1. The molecule has 146 valence electrons. The van der Waals surface area contributed by atoms with Crippen LogP contribution < -0.4 is 10.6 Å². The molecule has 0 aliphatic rings. The van der Waals surface area contributed by atoms with E-state index >= 15 is 0 Å². The number of nitrogens with zero attached hydrogens (tertiary/aromatic N) is 4. The van der Waals surface area contributed by atoms with Gasteiger partial charge in [-0.1, -0.05) is 28.7 Å². The van der Waals surface area contributed by atoms with Crippen molar-refractivity contribution >= 4 is 44.2 Å². The van der Waals surface area contributed by atoms with Crippen LogP contribution in [-0.4, -0.2) is 31.8 Å². The molecule has 0 aliphatic heterocycles. The van der Waals surface area contributed by atoms with Gasteiger partial charge in [0.1, 0.15) is 0 Å². The summed E-state index contributed by atoms with van der Waals surface area (Å²) < 4.78 is 2.50.